The van der Waals surface area contributed by atoms with Crippen molar-refractivity contribution in [3.05, 3.63) is 69.8 Å². The highest BCUT2D eigenvalue weighted by molar-refractivity contribution is 6.17. The van der Waals surface area contributed by atoms with E-state index in [2.05, 4.69) is 0 Å². The van der Waals surface area contributed by atoms with Crippen molar-refractivity contribution in [1.29, 1.82) is 0 Å². The smallest absolute Gasteiger partial charge is 0.168 e. The first-order valence-electron chi connectivity index (χ1n) is 10.5. The Morgan fingerprint density at radius 3 is 2.23 bits per heavy atom. The van der Waals surface area contributed by atoms with Crippen LogP contribution in [0.3, 0.4) is 0 Å². The van der Waals surface area contributed by atoms with Crippen LogP contribution in [0.5, 0.6) is 0 Å². The highest BCUT2D eigenvalue weighted by atomic mass is 19.2. The number of halogens is 2. The van der Waals surface area contributed by atoms with E-state index in [1.807, 2.05) is 32.9 Å². The van der Waals surface area contributed by atoms with Crippen LogP contribution in [0.2, 0.25) is 0 Å². The van der Waals surface area contributed by atoms with Gasteiger partial charge in [0.1, 0.15) is 5.92 Å². The number of carbonyl (C=O) groups is 3. The fourth-order valence-electron chi connectivity index (χ4n) is 6.01. The van der Waals surface area contributed by atoms with Crippen molar-refractivity contribution >= 4 is 17.3 Å². The Hall–Kier alpha value is -2.73. The van der Waals surface area contributed by atoms with Crippen molar-refractivity contribution < 1.29 is 27.9 Å². The molecule has 1 unspecified atom stereocenters. The molecule has 2 aromatic carbocycles. The number of aryl methyl sites for hydroxylation is 3. The summed E-state index contributed by atoms with van der Waals surface area (Å²) in [4.78, 5) is 39.8. The zero-order chi connectivity index (χ0) is 22.2. The molecule has 0 radical (unpaired) electrons. The van der Waals surface area contributed by atoms with Crippen LogP contribution in [0.1, 0.15) is 45.0 Å². The number of carbonyl (C=O) groups excluding carboxylic acids is 3. The molecule has 4 nitrogen and oxygen atoms in total. The molecule has 2 bridgehead atoms. The van der Waals surface area contributed by atoms with Crippen LogP contribution in [0.4, 0.5) is 8.78 Å². The maximum Gasteiger partial charge on any atom is 0.168 e. The van der Waals surface area contributed by atoms with Crippen LogP contribution in [0, 0.1) is 50.2 Å². The number of benzene rings is 2. The van der Waals surface area contributed by atoms with Crippen LogP contribution in [-0.2, 0) is 14.3 Å². The first-order chi connectivity index (χ1) is 14.7. The third kappa shape index (κ3) is 2.84. The topological polar surface area (TPSA) is 60.4 Å². The summed E-state index contributed by atoms with van der Waals surface area (Å²) < 4.78 is 32.8. The number of hydrogen-bond donors (Lipinski definition) is 0. The molecule has 2 aliphatic heterocycles. The average molecular weight is 424 g/mol. The molecule has 1 aliphatic carbocycles. The normalized spacial score (nSPS) is 31.4. The van der Waals surface area contributed by atoms with E-state index in [1.54, 1.807) is 0 Å². The molecular formula is C25H22F2O4. The molecule has 0 spiro atoms. The van der Waals surface area contributed by atoms with Gasteiger partial charge in [-0.15, -0.1) is 0 Å². The molecule has 0 N–H and O–H groups in total. The largest absolute Gasteiger partial charge is 0.373 e. The van der Waals surface area contributed by atoms with Gasteiger partial charge in [-0.05, 0) is 62.1 Å². The Labute approximate surface area is 178 Å². The first-order valence-corrected chi connectivity index (χ1v) is 10.5. The number of hydrogen-bond acceptors (Lipinski definition) is 4. The van der Waals surface area contributed by atoms with Gasteiger partial charge in [0.2, 0.25) is 0 Å². The average Bonchev–Trinajstić information content (AvgIpc) is 3.36. The SMILES string of the molecule is Cc1cc(C)c(C2C(=O)[C@@H]3[C@@H]4O[C@@H](C[C@H]4C(=O)c4ccc(F)c(F)c4)[C@@H]3C2=O)c(C)c1. The number of ether oxygens (including phenoxy) is 1. The van der Waals surface area contributed by atoms with E-state index in [4.69, 9.17) is 4.74 Å². The van der Waals surface area contributed by atoms with Gasteiger partial charge in [0.25, 0.3) is 0 Å². The van der Waals surface area contributed by atoms with E-state index in [1.165, 1.54) is 6.07 Å². The molecule has 1 saturated carbocycles. The van der Waals surface area contributed by atoms with Crippen molar-refractivity contribution in [2.45, 2.75) is 45.3 Å². The second-order valence-electron chi connectivity index (χ2n) is 9.08. The Morgan fingerprint density at radius 1 is 0.935 bits per heavy atom. The van der Waals surface area contributed by atoms with Crippen molar-refractivity contribution in [2.24, 2.45) is 17.8 Å². The van der Waals surface area contributed by atoms with Gasteiger partial charge in [0.15, 0.2) is 29.0 Å². The van der Waals surface area contributed by atoms with E-state index >= 15 is 0 Å². The Morgan fingerprint density at radius 2 is 1.58 bits per heavy atom. The van der Waals surface area contributed by atoms with Gasteiger partial charge in [0.05, 0.1) is 30.0 Å². The predicted octanol–water partition coefficient (Wildman–Crippen LogP) is 4.03. The summed E-state index contributed by atoms with van der Waals surface area (Å²) in [6.45, 7) is 5.79. The lowest BCUT2D eigenvalue weighted by atomic mass is 9.73. The molecule has 3 aliphatic rings. The summed E-state index contributed by atoms with van der Waals surface area (Å²) in [5.41, 5.74) is 3.70. The second-order valence-corrected chi connectivity index (χ2v) is 9.08. The summed E-state index contributed by atoms with van der Waals surface area (Å²) in [7, 11) is 0. The standard InChI is InChI=1S/C25H22F2O4/c1-10-6-11(2)18(12(3)7-10)20-23(29)19-17-9-14(25(31-17)21(19)24(20)30)22(28)13-4-5-15(26)16(27)8-13/h4-8,14,17,19-21,25H,9H2,1-3H3/t14-,17-,19-,20?,21+,25+/m0/s1. The molecule has 31 heavy (non-hydrogen) atoms. The minimum absolute atomic E-state index is 0.0511. The highest BCUT2D eigenvalue weighted by Gasteiger charge is 2.66. The third-order valence-electron chi connectivity index (χ3n) is 7.15. The van der Waals surface area contributed by atoms with Gasteiger partial charge in [-0.3, -0.25) is 14.4 Å². The van der Waals surface area contributed by atoms with E-state index < -0.39 is 47.5 Å². The van der Waals surface area contributed by atoms with Gasteiger partial charge >= 0.3 is 0 Å². The van der Waals surface area contributed by atoms with Crippen LogP contribution >= 0.6 is 0 Å². The molecule has 2 heterocycles. The molecule has 2 saturated heterocycles. The maximum absolute atomic E-state index is 13.6. The number of ketones is 3. The first kappa shape index (κ1) is 20.2. The van der Waals surface area contributed by atoms with Crippen LogP contribution in [0.25, 0.3) is 0 Å². The van der Waals surface area contributed by atoms with E-state index in [-0.39, 0.29) is 22.9 Å². The fraction of sp³-hybridized carbons (Fsp3) is 0.400. The van der Waals surface area contributed by atoms with E-state index in [0.29, 0.717) is 6.42 Å². The van der Waals surface area contributed by atoms with Crippen LogP contribution in [-0.4, -0.2) is 29.6 Å². The lowest BCUT2D eigenvalue weighted by molar-refractivity contribution is -0.127. The van der Waals surface area contributed by atoms with Crippen molar-refractivity contribution in [3.8, 4) is 0 Å². The Balaban J connectivity index is 1.47. The Kier molecular flexibility index (Phi) is 4.49. The lowest BCUT2D eigenvalue weighted by Gasteiger charge is -2.25. The minimum atomic E-state index is -1.09. The monoisotopic (exact) mass is 424 g/mol. The Bertz CT molecular complexity index is 1130. The summed E-state index contributed by atoms with van der Waals surface area (Å²) in [5.74, 6) is -5.51. The van der Waals surface area contributed by atoms with Crippen molar-refractivity contribution in [2.75, 3.05) is 0 Å². The summed E-state index contributed by atoms with van der Waals surface area (Å²) >= 11 is 0. The van der Waals surface area contributed by atoms with E-state index in [9.17, 15) is 23.2 Å². The quantitative estimate of drug-likeness (QED) is 0.552. The predicted molar refractivity (Wildman–Crippen MR) is 108 cm³/mol. The molecule has 3 fully saturated rings. The zero-order valence-electron chi connectivity index (χ0n) is 17.4. The molecule has 2 aromatic rings. The molecule has 6 heteroatoms. The summed E-state index contributed by atoms with van der Waals surface area (Å²) in [6.07, 6.45) is -0.897. The molecule has 5 rings (SSSR count). The molecule has 160 valence electrons. The summed E-state index contributed by atoms with van der Waals surface area (Å²) in [6, 6.07) is 6.98. The summed E-state index contributed by atoms with van der Waals surface area (Å²) in [5, 5.41) is 0. The highest BCUT2D eigenvalue weighted by Crippen LogP contribution is 2.55. The van der Waals surface area contributed by atoms with Crippen molar-refractivity contribution in [1.82, 2.24) is 0 Å². The third-order valence-corrected chi connectivity index (χ3v) is 7.15. The van der Waals surface area contributed by atoms with Crippen molar-refractivity contribution in [3.63, 3.8) is 0 Å². The van der Waals surface area contributed by atoms with Gasteiger partial charge in [-0.25, -0.2) is 8.78 Å². The molecular weight excluding hydrogens is 402 g/mol. The van der Waals surface area contributed by atoms with Crippen LogP contribution in [0.15, 0.2) is 30.3 Å². The lowest BCUT2D eigenvalue weighted by Crippen LogP contribution is -2.38. The van der Waals surface area contributed by atoms with E-state index in [0.717, 1.165) is 34.4 Å². The zero-order valence-corrected chi connectivity index (χ0v) is 17.4. The van der Waals surface area contributed by atoms with Gasteiger partial charge < -0.3 is 4.74 Å². The molecule has 0 amide bonds. The van der Waals surface area contributed by atoms with Gasteiger partial charge in [0, 0.05) is 5.56 Å². The molecule has 0 aromatic heterocycles. The van der Waals surface area contributed by atoms with Gasteiger partial charge in [-0.2, -0.15) is 0 Å². The number of fused-ring (bicyclic) bond motifs is 5. The van der Waals surface area contributed by atoms with Crippen LogP contribution < -0.4 is 0 Å². The fourth-order valence-corrected chi connectivity index (χ4v) is 6.01. The number of rotatable bonds is 3. The van der Waals surface area contributed by atoms with Gasteiger partial charge in [-0.1, -0.05) is 17.7 Å². The minimum Gasteiger partial charge on any atom is -0.373 e. The molecule has 6 atom stereocenters. The second kappa shape index (κ2) is 6.89. The number of Topliss-reactive ketones (excluding diaryl/α,β-unsaturated/α-hetero) is 3. The maximum atomic E-state index is 13.6.